The number of urea groups is 1. The number of imide groups is 2. The second-order valence-corrected chi connectivity index (χ2v) is 9.60. The number of hydrogen-bond donors (Lipinski definition) is 2. The Balaban J connectivity index is 1.59. The van der Waals surface area contributed by atoms with Gasteiger partial charge >= 0.3 is 6.03 Å². The zero-order chi connectivity index (χ0) is 29.0. The third-order valence-electron chi connectivity index (χ3n) is 6.14. The molecular formula is C30H28ClN3O6. The summed E-state index contributed by atoms with van der Waals surface area (Å²) in [6, 6.07) is 14.6. The molecular weight excluding hydrogens is 534 g/mol. The van der Waals surface area contributed by atoms with E-state index in [1.807, 2.05) is 39.0 Å². The van der Waals surface area contributed by atoms with E-state index in [1.54, 1.807) is 31.2 Å². The summed E-state index contributed by atoms with van der Waals surface area (Å²) in [7, 11) is 0. The molecule has 3 aromatic carbocycles. The summed E-state index contributed by atoms with van der Waals surface area (Å²) >= 11 is 6.49. The van der Waals surface area contributed by atoms with Crippen LogP contribution in [0, 0.1) is 20.8 Å². The maximum absolute atomic E-state index is 13.3. The topological polar surface area (TPSA) is 114 Å². The lowest BCUT2D eigenvalue weighted by Gasteiger charge is -2.27. The average Bonchev–Trinajstić information content (AvgIpc) is 2.88. The van der Waals surface area contributed by atoms with Crippen LogP contribution in [0.2, 0.25) is 5.02 Å². The van der Waals surface area contributed by atoms with Crippen LogP contribution in [0.25, 0.3) is 6.08 Å². The molecule has 0 atom stereocenters. The Bertz CT molecular complexity index is 1550. The number of barbiturate groups is 1. The Morgan fingerprint density at radius 1 is 1.00 bits per heavy atom. The van der Waals surface area contributed by atoms with Crippen LogP contribution in [-0.4, -0.2) is 37.0 Å². The highest BCUT2D eigenvalue weighted by Gasteiger charge is 2.37. The van der Waals surface area contributed by atoms with E-state index in [0.717, 1.165) is 21.6 Å². The fourth-order valence-corrected chi connectivity index (χ4v) is 4.33. The van der Waals surface area contributed by atoms with Crippen LogP contribution < -0.4 is 25.0 Å². The smallest absolute Gasteiger partial charge is 0.335 e. The first-order chi connectivity index (χ1) is 19.1. The summed E-state index contributed by atoms with van der Waals surface area (Å²) < 4.78 is 11.4. The van der Waals surface area contributed by atoms with E-state index in [2.05, 4.69) is 10.6 Å². The third-order valence-corrected chi connectivity index (χ3v) is 6.42. The van der Waals surface area contributed by atoms with Crippen LogP contribution in [-0.2, 0) is 14.4 Å². The molecule has 1 heterocycles. The summed E-state index contributed by atoms with van der Waals surface area (Å²) in [5.74, 6) is -1.65. The van der Waals surface area contributed by atoms with Crippen LogP contribution in [0.4, 0.5) is 16.2 Å². The highest BCUT2D eigenvalue weighted by Crippen LogP contribution is 2.37. The van der Waals surface area contributed by atoms with E-state index < -0.39 is 23.8 Å². The van der Waals surface area contributed by atoms with Gasteiger partial charge in [-0.2, -0.15) is 0 Å². The predicted molar refractivity (Wildman–Crippen MR) is 153 cm³/mol. The molecule has 3 aromatic rings. The third kappa shape index (κ3) is 6.32. The number of rotatable bonds is 8. The summed E-state index contributed by atoms with van der Waals surface area (Å²) in [4.78, 5) is 51.9. The van der Waals surface area contributed by atoms with E-state index in [-0.39, 0.29) is 35.3 Å². The zero-order valence-corrected chi connectivity index (χ0v) is 23.2. The van der Waals surface area contributed by atoms with E-state index in [1.165, 1.54) is 18.2 Å². The summed E-state index contributed by atoms with van der Waals surface area (Å²) in [5, 5.41) is 5.07. The minimum absolute atomic E-state index is 0.104. The van der Waals surface area contributed by atoms with E-state index >= 15 is 0 Å². The first-order valence-electron chi connectivity index (χ1n) is 12.5. The molecule has 4 rings (SSSR count). The Kier molecular flexibility index (Phi) is 8.55. The number of carbonyl (C=O) groups excluding carboxylic acids is 4. The molecule has 5 amide bonds. The average molecular weight is 562 g/mol. The minimum Gasteiger partial charge on any atom is -0.490 e. The van der Waals surface area contributed by atoms with Gasteiger partial charge in [0.15, 0.2) is 18.1 Å². The molecule has 9 nitrogen and oxygen atoms in total. The summed E-state index contributed by atoms with van der Waals surface area (Å²) in [6.07, 6.45) is 1.32. The van der Waals surface area contributed by atoms with Gasteiger partial charge in [-0.1, -0.05) is 29.8 Å². The quantitative estimate of drug-likeness (QED) is 0.283. The van der Waals surface area contributed by atoms with E-state index in [9.17, 15) is 19.2 Å². The number of amides is 5. The molecule has 2 N–H and O–H groups in total. The first kappa shape index (κ1) is 28.4. The molecule has 0 saturated carbocycles. The van der Waals surface area contributed by atoms with Crippen molar-refractivity contribution < 1.29 is 28.7 Å². The predicted octanol–water partition coefficient (Wildman–Crippen LogP) is 5.35. The number of benzene rings is 3. The van der Waals surface area contributed by atoms with Crippen molar-refractivity contribution in [3.05, 3.63) is 87.4 Å². The molecule has 1 fully saturated rings. The Hall–Kier alpha value is -4.63. The van der Waals surface area contributed by atoms with Gasteiger partial charge in [-0.05, 0) is 92.4 Å². The fraction of sp³-hybridized carbons (Fsp3) is 0.200. The maximum Gasteiger partial charge on any atom is 0.335 e. The number of nitrogens with zero attached hydrogens (tertiary/aromatic N) is 1. The molecule has 0 unspecified atom stereocenters. The lowest BCUT2D eigenvalue weighted by molar-refractivity contribution is -0.122. The Labute approximate surface area is 236 Å². The molecule has 0 spiro atoms. The molecule has 0 aliphatic carbocycles. The lowest BCUT2D eigenvalue weighted by atomic mass is 10.0. The maximum atomic E-state index is 13.3. The lowest BCUT2D eigenvalue weighted by Crippen LogP contribution is -2.54. The van der Waals surface area contributed by atoms with Crippen molar-refractivity contribution >= 4 is 52.8 Å². The SMILES string of the molecule is CCOc1cc(/C=C2\C(=O)NC(=O)N(c3ccc(C)c(C)c3)C2=O)cc(Cl)c1OCC(=O)Nc1cccc(C)c1. The van der Waals surface area contributed by atoms with Crippen LogP contribution in [0.3, 0.4) is 0 Å². The van der Waals surface area contributed by atoms with Gasteiger partial charge in [0.1, 0.15) is 5.57 Å². The second-order valence-electron chi connectivity index (χ2n) is 9.20. The molecule has 10 heteroatoms. The molecule has 0 radical (unpaired) electrons. The van der Waals surface area contributed by atoms with E-state index in [0.29, 0.717) is 16.9 Å². The van der Waals surface area contributed by atoms with Crippen LogP contribution in [0.15, 0.2) is 60.2 Å². The molecule has 0 aromatic heterocycles. The first-order valence-corrected chi connectivity index (χ1v) is 12.9. The minimum atomic E-state index is -0.837. The van der Waals surface area contributed by atoms with Gasteiger partial charge in [-0.25, -0.2) is 9.69 Å². The number of anilines is 2. The summed E-state index contributed by atoms with van der Waals surface area (Å²) in [5.41, 5.74) is 3.95. The van der Waals surface area contributed by atoms with Gasteiger partial charge in [0.05, 0.1) is 17.3 Å². The highest BCUT2D eigenvalue weighted by molar-refractivity contribution is 6.39. The van der Waals surface area contributed by atoms with Gasteiger partial charge in [0.2, 0.25) is 0 Å². The second kappa shape index (κ2) is 12.0. The van der Waals surface area contributed by atoms with Crippen molar-refractivity contribution in [2.24, 2.45) is 0 Å². The van der Waals surface area contributed by atoms with Crippen molar-refractivity contribution in [3.63, 3.8) is 0 Å². The van der Waals surface area contributed by atoms with Gasteiger partial charge in [0.25, 0.3) is 17.7 Å². The van der Waals surface area contributed by atoms with Crippen LogP contribution in [0.5, 0.6) is 11.5 Å². The largest absolute Gasteiger partial charge is 0.490 e. The van der Waals surface area contributed by atoms with Gasteiger partial charge in [-0.15, -0.1) is 0 Å². The van der Waals surface area contributed by atoms with Gasteiger partial charge in [0, 0.05) is 5.69 Å². The normalized spacial score (nSPS) is 14.3. The van der Waals surface area contributed by atoms with E-state index in [4.69, 9.17) is 21.1 Å². The molecule has 0 bridgehead atoms. The monoisotopic (exact) mass is 561 g/mol. The number of carbonyl (C=O) groups is 4. The number of halogens is 1. The van der Waals surface area contributed by atoms with Crippen molar-refractivity contribution in [1.29, 1.82) is 0 Å². The van der Waals surface area contributed by atoms with Crippen molar-refractivity contribution in [2.75, 3.05) is 23.4 Å². The molecule has 206 valence electrons. The summed E-state index contributed by atoms with van der Waals surface area (Å²) in [6.45, 7) is 7.38. The molecule has 40 heavy (non-hydrogen) atoms. The van der Waals surface area contributed by atoms with Crippen LogP contribution in [0.1, 0.15) is 29.2 Å². The Morgan fingerprint density at radius 3 is 2.48 bits per heavy atom. The van der Waals surface area contributed by atoms with Crippen molar-refractivity contribution in [3.8, 4) is 11.5 Å². The van der Waals surface area contributed by atoms with Gasteiger partial charge < -0.3 is 14.8 Å². The molecule has 1 saturated heterocycles. The van der Waals surface area contributed by atoms with Crippen molar-refractivity contribution in [1.82, 2.24) is 5.32 Å². The number of aryl methyl sites for hydroxylation is 3. The number of ether oxygens (including phenoxy) is 2. The number of hydrogen-bond acceptors (Lipinski definition) is 6. The standard InChI is InChI=1S/C30H28ClN3O6/c1-5-39-25-15-20(14-24(31)27(25)40-16-26(35)32-21-8-6-7-17(2)11-21)13-23-28(36)33-30(38)34(29(23)37)22-10-9-18(3)19(4)12-22/h6-15H,5,16H2,1-4H3,(H,32,35)(H,33,36,38)/b23-13+. The fourth-order valence-electron chi connectivity index (χ4n) is 4.06. The number of nitrogens with one attached hydrogen (secondary N) is 2. The zero-order valence-electron chi connectivity index (χ0n) is 22.5. The molecule has 1 aliphatic heterocycles. The molecule has 1 aliphatic rings. The Morgan fingerprint density at radius 2 is 1.77 bits per heavy atom. The van der Waals surface area contributed by atoms with Crippen molar-refractivity contribution in [2.45, 2.75) is 27.7 Å². The van der Waals surface area contributed by atoms with Crippen LogP contribution >= 0.6 is 11.6 Å². The van der Waals surface area contributed by atoms with Gasteiger partial charge in [-0.3, -0.25) is 19.7 Å². The highest BCUT2D eigenvalue weighted by atomic mass is 35.5.